The lowest BCUT2D eigenvalue weighted by atomic mass is 9.83. The number of benzene rings is 1. The molecule has 5 heteroatoms. The largest absolute Gasteiger partial charge is 0.388 e. The second-order valence-electron chi connectivity index (χ2n) is 7.77. The van der Waals surface area contributed by atoms with Gasteiger partial charge in [-0.2, -0.15) is 0 Å². The van der Waals surface area contributed by atoms with Crippen molar-refractivity contribution in [3.8, 4) is 0 Å². The lowest BCUT2D eigenvalue weighted by Crippen LogP contribution is -2.53. The minimum absolute atomic E-state index is 0.00392. The maximum Gasteiger partial charge on any atom is 0.315 e. The Bertz CT molecular complexity index is 519. The number of rotatable bonds is 5. The van der Waals surface area contributed by atoms with Crippen LogP contribution >= 0.6 is 0 Å². The predicted octanol–water partition coefficient (Wildman–Crippen LogP) is 2.48. The van der Waals surface area contributed by atoms with Gasteiger partial charge < -0.3 is 20.5 Å². The quantitative estimate of drug-likeness (QED) is 0.775. The van der Waals surface area contributed by atoms with Crippen LogP contribution in [-0.4, -0.2) is 42.5 Å². The number of nitrogens with one attached hydrogen (secondary N) is 2. The van der Waals surface area contributed by atoms with Crippen molar-refractivity contribution in [2.75, 3.05) is 19.8 Å². The van der Waals surface area contributed by atoms with Crippen molar-refractivity contribution in [3.63, 3.8) is 0 Å². The Morgan fingerprint density at radius 1 is 1.25 bits per heavy atom. The molecular formula is C19H30N2O3. The fourth-order valence-electron chi connectivity index (χ4n) is 2.81. The molecule has 0 aromatic heterocycles. The van der Waals surface area contributed by atoms with Crippen LogP contribution in [0.1, 0.15) is 39.2 Å². The summed E-state index contributed by atoms with van der Waals surface area (Å²) in [5, 5.41) is 16.3. The molecule has 0 spiro atoms. The van der Waals surface area contributed by atoms with Crippen LogP contribution in [0.2, 0.25) is 0 Å². The van der Waals surface area contributed by atoms with Crippen molar-refractivity contribution in [2.24, 2.45) is 5.41 Å². The number of carbonyl (C=O) groups excluding carboxylic acids is 1. The summed E-state index contributed by atoms with van der Waals surface area (Å²) in [5.41, 5.74) is 0.274. The van der Waals surface area contributed by atoms with Crippen LogP contribution in [0.5, 0.6) is 0 Å². The molecule has 1 fully saturated rings. The van der Waals surface area contributed by atoms with E-state index in [0.717, 1.165) is 6.42 Å². The van der Waals surface area contributed by atoms with Crippen LogP contribution in [0.4, 0.5) is 4.79 Å². The van der Waals surface area contributed by atoms with Gasteiger partial charge in [0.1, 0.15) is 0 Å². The number of aliphatic hydroxyl groups is 1. The van der Waals surface area contributed by atoms with E-state index >= 15 is 0 Å². The molecule has 1 unspecified atom stereocenters. The average molecular weight is 334 g/mol. The van der Waals surface area contributed by atoms with E-state index in [-0.39, 0.29) is 24.0 Å². The molecule has 1 saturated heterocycles. The van der Waals surface area contributed by atoms with Crippen molar-refractivity contribution >= 4 is 6.03 Å². The number of carbonyl (C=O) groups is 1. The normalized spacial score (nSPS) is 18.7. The third-order valence-corrected chi connectivity index (χ3v) is 4.63. The van der Waals surface area contributed by atoms with E-state index in [1.165, 1.54) is 5.56 Å². The second-order valence-corrected chi connectivity index (χ2v) is 7.77. The highest BCUT2D eigenvalue weighted by molar-refractivity contribution is 5.74. The molecular weight excluding hydrogens is 304 g/mol. The van der Waals surface area contributed by atoms with Gasteiger partial charge in [0.25, 0.3) is 0 Å². The molecule has 5 nitrogen and oxygen atoms in total. The summed E-state index contributed by atoms with van der Waals surface area (Å²) in [6.07, 6.45) is 1.88. The van der Waals surface area contributed by atoms with E-state index in [1.807, 2.05) is 18.2 Å². The van der Waals surface area contributed by atoms with Gasteiger partial charge in [0.05, 0.1) is 5.60 Å². The summed E-state index contributed by atoms with van der Waals surface area (Å²) in [4.78, 5) is 12.3. The minimum atomic E-state index is -0.855. The summed E-state index contributed by atoms with van der Waals surface area (Å²) in [6.45, 7) is 7.69. The Morgan fingerprint density at radius 3 is 2.46 bits per heavy atom. The van der Waals surface area contributed by atoms with Gasteiger partial charge in [-0.05, 0) is 17.4 Å². The first-order chi connectivity index (χ1) is 11.3. The van der Waals surface area contributed by atoms with E-state index in [4.69, 9.17) is 4.74 Å². The third-order valence-electron chi connectivity index (χ3n) is 4.63. The van der Waals surface area contributed by atoms with E-state index in [0.29, 0.717) is 26.1 Å². The number of hydrogen-bond acceptors (Lipinski definition) is 3. The zero-order chi connectivity index (χ0) is 17.6. The summed E-state index contributed by atoms with van der Waals surface area (Å²) in [5.74, 6) is 0. The first-order valence-corrected chi connectivity index (χ1v) is 8.67. The van der Waals surface area contributed by atoms with Gasteiger partial charge in [-0.1, -0.05) is 51.1 Å². The number of ether oxygens (including phenoxy) is 1. The molecule has 24 heavy (non-hydrogen) atoms. The summed E-state index contributed by atoms with van der Waals surface area (Å²) in [6, 6.07) is 9.93. The van der Waals surface area contributed by atoms with Gasteiger partial charge >= 0.3 is 6.03 Å². The van der Waals surface area contributed by atoms with E-state index in [9.17, 15) is 9.90 Å². The van der Waals surface area contributed by atoms with Crippen LogP contribution < -0.4 is 10.6 Å². The van der Waals surface area contributed by atoms with Crippen LogP contribution in [0, 0.1) is 5.41 Å². The Morgan fingerprint density at radius 2 is 1.88 bits per heavy atom. The van der Waals surface area contributed by atoms with Crippen LogP contribution in [-0.2, 0) is 11.2 Å². The molecule has 1 heterocycles. The Hall–Kier alpha value is -1.59. The lowest BCUT2D eigenvalue weighted by molar-refractivity contribution is -0.0601. The monoisotopic (exact) mass is 334 g/mol. The van der Waals surface area contributed by atoms with Crippen LogP contribution in [0.15, 0.2) is 30.3 Å². The van der Waals surface area contributed by atoms with Crippen molar-refractivity contribution in [2.45, 2.75) is 51.7 Å². The molecule has 2 rings (SSSR count). The Labute approximate surface area is 144 Å². The third kappa shape index (κ3) is 5.80. The lowest BCUT2D eigenvalue weighted by Gasteiger charge is -2.34. The highest BCUT2D eigenvalue weighted by Gasteiger charge is 2.31. The molecule has 1 aliphatic rings. The highest BCUT2D eigenvalue weighted by atomic mass is 16.5. The Kier molecular flexibility index (Phi) is 6.24. The number of urea groups is 1. The van der Waals surface area contributed by atoms with Crippen LogP contribution in [0.25, 0.3) is 0 Å². The molecule has 1 aliphatic heterocycles. The zero-order valence-corrected chi connectivity index (χ0v) is 15.0. The van der Waals surface area contributed by atoms with Gasteiger partial charge in [0.2, 0.25) is 0 Å². The standard InChI is InChI=1S/C19H30N2O3/c1-18(2,3)16(13-15-7-5-4-6-8-15)21-17(22)20-14-19(23)9-11-24-12-10-19/h4-8,16,23H,9-14H2,1-3H3,(H2,20,21,22). The van der Waals surface area contributed by atoms with Gasteiger partial charge in [-0.25, -0.2) is 4.79 Å². The highest BCUT2D eigenvalue weighted by Crippen LogP contribution is 2.23. The number of amides is 2. The molecule has 0 radical (unpaired) electrons. The summed E-state index contributed by atoms with van der Waals surface area (Å²) < 4.78 is 5.26. The molecule has 1 aromatic carbocycles. The molecule has 1 aromatic rings. The fourth-order valence-corrected chi connectivity index (χ4v) is 2.81. The smallest absolute Gasteiger partial charge is 0.315 e. The summed E-state index contributed by atoms with van der Waals surface area (Å²) in [7, 11) is 0. The zero-order valence-electron chi connectivity index (χ0n) is 15.0. The van der Waals surface area contributed by atoms with E-state index in [1.54, 1.807) is 0 Å². The van der Waals surface area contributed by atoms with Crippen molar-refractivity contribution in [1.82, 2.24) is 10.6 Å². The first kappa shape index (κ1) is 18.7. The topological polar surface area (TPSA) is 70.6 Å². The van der Waals surface area contributed by atoms with E-state index in [2.05, 4.69) is 43.5 Å². The van der Waals surface area contributed by atoms with E-state index < -0.39 is 5.60 Å². The molecule has 0 saturated carbocycles. The average Bonchev–Trinajstić information content (AvgIpc) is 2.53. The molecule has 2 amide bonds. The van der Waals surface area contributed by atoms with Gasteiger partial charge in [-0.3, -0.25) is 0 Å². The van der Waals surface area contributed by atoms with Crippen LogP contribution in [0.3, 0.4) is 0 Å². The SMILES string of the molecule is CC(C)(C)C(Cc1ccccc1)NC(=O)NCC1(O)CCOCC1. The summed E-state index contributed by atoms with van der Waals surface area (Å²) >= 11 is 0. The van der Waals surface area contributed by atoms with Crippen molar-refractivity contribution in [1.29, 1.82) is 0 Å². The van der Waals surface area contributed by atoms with Crippen molar-refractivity contribution < 1.29 is 14.6 Å². The Balaban J connectivity index is 1.90. The van der Waals surface area contributed by atoms with Crippen molar-refractivity contribution in [3.05, 3.63) is 35.9 Å². The molecule has 1 atom stereocenters. The molecule has 134 valence electrons. The predicted molar refractivity (Wildman–Crippen MR) is 94.9 cm³/mol. The maximum atomic E-state index is 12.3. The minimum Gasteiger partial charge on any atom is -0.388 e. The van der Waals surface area contributed by atoms with Gasteiger partial charge in [0, 0.05) is 38.6 Å². The maximum absolute atomic E-state index is 12.3. The molecule has 3 N–H and O–H groups in total. The molecule has 0 aliphatic carbocycles. The van der Waals surface area contributed by atoms with Gasteiger partial charge in [-0.15, -0.1) is 0 Å². The number of hydrogen-bond donors (Lipinski definition) is 3. The molecule has 0 bridgehead atoms. The van der Waals surface area contributed by atoms with Gasteiger partial charge in [0.15, 0.2) is 0 Å². The first-order valence-electron chi connectivity index (χ1n) is 8.67. The fraction of sp³-hybridized carbons (Fsp3) is 0.632. The second kappa shape index (κ2) is 7.99.